The van der Waals surface area contributed by atoms with E-state index in [1.807, 2.05) is 6.92 Å². The van der Waals surface area contributed by atoms with Crippen molar-refractivity contribution in [3.8, 4) is 0 Å². The van der Waals surface area contributed by atoms with Crippen LogP contribution in [0.3, 0.4) is 0 Å². The van der Waals surface area contributed by atoms with Gasteiger partial charge in [-0.2, -0.15) is 5.10 Å². The lowest BCUT2D eigenvalue weighted by Crippen LogP contribution is -2.15. The van der Waals surface area contributed by atoms with Gasteiger partial charge in [0.05, 0.1) is 11.9 Å². The highest BCUT2D eigenvalue weighted by Crippen LogP contribution is 2.23. The highest BCUT2D eigenvalue weighted by molar-refractivity contribution is 6.00. The fourth-order valence-corrected chi connectivity index (χ4v) is 2.16. The molecule has 0 spiro atoms. The molecule has 0 aliphatic rings. The predicted octanol–water partition coefficient (Wildman–Crippen LogP) is 2.73. The lowest BCUT2D eigenvalue weighted by atomic mass is 10.1. The summed E-state index contributed by atoms with van der Waals surface area (Å²) in [6, 6.07) is 5.55. The number of hydrogen-bond acceptors (Lipinski definition) is 3. The number of benzene rings is 1. The van der Waals surface area contributed by atoms with Crippen LogP contribution in [0.25, 0.3) is 10.9 Å². The zero-order valence-electron chi connectivity index (χ0n) is 11.7. The van der Waals surface area contributed by atoms with Crippen LogP contribution in [0, 0.1) is 18.6 Å². The zero-order valence-corrected chi connectivity index (χ0v) is 11.7. The van der Waals surface area contributed by atoms with Gasteiger partial charge < -0.3 is 5.32 Å². The third-order valence-electron chi connectivity index (χ3n) is 3.33. The van der Waals surface area contributed by atoms with Crippen molar-refractivity contribution in [2.45, 2.75) is 13.3 Å². The van der Waals surface area contributed by atoms with Gasteiger partial charge in [0, 0.05) is 23.3 Å². The molecule has 0 aliphatic carbocycles. The molecule has 2 aromatic heterocycles. The average molecular weight is 302 g/mol. The molecule has 0 atom stereocenters. The number of amides is 1. The van der Waals surface area contributed by atoms with Crippen molar-refractivity contribution in [2.75, 3.05) is 5.32 Å². The first-order chi connectivity index (χ1) is 10.5. The maximum Gasteiger partial charge on any atom is 0.230 e. The monoisotopic (exact) mass is 302 g/mol. The first-order valence-electron chi connectivity index (χ1n) is 6.58. The maximum absolute atomic E-state index is 13.3. The standard InChI is InChI=1S/C15H12F2N4O/c1-8-9(3-2-4-18-8)5-14(22)19-15-10-6-11(16)12(17)7-13(10)20-21-15/h2-4,6-7H,5H2,1H3,(H2,19,20,21,22). The van der Waals surface area contributed by atoms with Crippen molar-refractivity contribution in [1.29, 1.82) is 0 Å². The van der Waals surface area contributed by atoms with Crippen LogP contribution in [0.5, 0.6) is 0 Å². The molecule has 0 bridgehead atoms. The second-order valence-electron chi connectivity index (χ2n) is 4.86. The van der Waals surface area contributed by atoms with Gasteiger partial charge in [-0.05, 0) is 24.6 Å². The van der Waals surface area contributed by atoms with E-state index in [0.29, 0.717) is 10.9 Å². The molecule has 112 valence electrons. The van der Waals surface area contributed by atoms with Crippen LogP contribution in [-0.2, 0) is 11.2 Å². The van der Waals surface area contributed by atoms with Crippen molar-refractivity contribution >= 4 is 22.6 Å². The molecular weight excluding hydrogens is 290 g/mol. The largest absolute Gasteiger partial charge is 0.308 e. The van der Waals surface area contributed by atoms with E-state index >= 15 is 0 Å². The van der Waals surface area contributed by atoms with E-state index in [0.717, 1.165) is 23.4 Å². The normalized spacial score (nSPS) is 10.9. The molecule has 1 aromatic carbocycles. The second kappa shape index (κ2) is 5.51. The van der Waals surface area contributed by atoms with Gasteiger partial charge in [0.2, 0.25) is 5.91 Å². The minimum Gasteiger partial charge on any atom is -0.308 e. The summed E-state index contributed by atoms with van der Waals surface area (Å²) in [6.07, 6.45) is 1.77. The number of nitrogens with zero attached hydrogens (tertiary/aromatic N) is 2. The Kier molecular flexibility index (Phi) is 3.54. The maximum atomic E-state index is 13.3. The molecule has 2 heterocycles. The molecule has 0 saturated heterocycles. The number of nitrogens with one attached hydrogen (secondary N) is 2. The van der Waals surface area contributed by atoms with Crippen LogP contribution in [0.2, 0.25) is 0 Å². The Hall–Kier alpha value is -2.83. The molecule has 0 saturated carbocycles. The van der Waals surface area contributed by atoms with E-state index < -0.39 is 11.6 Å². The van der Waals surface area contributed by atoms with Crippen LogP contribution in [0.4, 0.5) is 14.6 Å². The SMILES string of the molecule is Cc1ncccc1CC(=O)Nc1n[nH]c2cc(F)c(F)cc12. The molecule has 0 radical (unpaired) electrons. The molecule has 0 aliphatic heterocycles. The summed E-state index contributed by atoms with van der Waals surface area (Å²) in [6.45, 7) is 1.81. The van der Waals surface area contributed by atoms with Crippen LogP contribution < -0.4 is 5.32 Å². The first kappa shape index (κ1) is 14.1. The first-order valence-corrected chi connectivity index (χ1v) is 6.58. The van der Waals surface area contributed by atoms with Crippen LogP contribution in [-0.4, -0.2) is 21.1 Å². The molecule has 0 unspecified atom stereocenters. The number of hydrogen-bond donors (Lipinski definition) is 2. The summed E-state index contributed by atoms with van der Waals surface area (Å²) in [5, 5.41) is 9.33. The molecule has 3 aromatic rings. The van der Waals surface area contributed by atoms with Gasteiger partial charge in [0.25, 0.3) is 0 Å². The van der Waals surface area contributed by atoms with Crippen molar-refractivity contribution < 1.29 is 13.6 Å². The number of halogens is 2. The highest BCUT2D eigenvalue weighted by Gasteiger charge is 2.14. The van der Waals surface area contributed by atoms with Gasteiger partial charge in [-0.3, -0.25) is 14.9 Å². The van der Waals surface area contributed by atoms with Crippen molar-refractivity contribution in [1.82, 2.24) is 15.2 Å². The Morgan fingerprint density at radius 3 is 2.86 bits per heavy atom. The number of pyridine rings is 1. The molecule has 2 N–H and O–H groups in total. The van der Waals surface area contributed by atoms with E-state index in [9.17, 15) is 13.6 Å². The summed E-state index contributed by atoms with van der Waals surface area (Å²) in [4.78, 5) is 16.2. The highest BCUT2D eigenvalue weighted by atomic mass is 19.2. The Labute approximate surface area is 124 Å². The number of rotatable bonds is 3. The van der Waals surface area contributed by atoms with Gasteiger partial charge in [-0.25, -0.2) is 8.78 Å². The topological polar surface area (TPSA) is 70.7 Å². The van der Waals surface area contributed by atoms with Crippen molar-refractivity contribution in [3.63, 3.8) is 0 Å². The molecule has 5 nitrogen and oxygen atoms in total. The number of carbonyl (C=O) groups is 1. The number of aryl methyl sites for hydroxylation is 1. The fraction of sp³-hybridized carbons (Fsp3) is 0.133. The number of aromatic nitrogens is 3. The van der Waals surface area contributed by atoms with E-state index in [1.165, 1.54) is 0 Å². The third-order valence-corrected chi connectivity index (χ3v) is 3.33. The molecule has 3 rings (SSSR count). The van der Waals surface area contributed by atoms with Crippen molar-refractivity contribution in [3.05, 3.63) is 53.4 Å². The molecule has 0 fully saturated rings. The Morgan fingerprint density at radius 2 is 2.09 bits per heavy atom. The van der Waals surface area contributed by atoms with Crippen LogP contribution in [0.1, 0.15) is 11.3 Å². The lowest BCUT2D eigenvalue weighted by Gasteiger charge is -2.05. The second-order valence-corrected chi connectivity index (χ2v) is 4.86. The summed E-state index contributed by atoms with van der Waals surface area (Å²) in [5.74, 6) is -2.11. The predicted molar refractivity (Wildman–Crippen MR) is 77.3 cm³/mol. The van der Waals surface area contributed by atoms with Crippen LogP contribution >= 0.6 is 0 Å². The van der Waals surface area contributed by atoms with Crippen molar-refractivity contribution in [2.24, 2.45) is 0 Å². The summed E-state index contributed by atoms with van der Waals surface area (Å²) < 4.78 is 26.4. The number of fused-ring (bicyclic) bond motifs is 1. The Balaban J connectivity index is 1.83. The van der Waals surface area contributed by atoms with Crippen LogP contribution in [0.15, 0.2) is 30.5 Å². The third kappa shape index (κ3) is 2.65. The number of carbonyl (C=O) groups excluding carboxylic acids is 1. The smallest absolute Gasteiger partial charge is 0.230 e. The average Bonchev–Trinajstić information content (AvgIpc) is 2.84. The summed E-state index contributed by atoms with van der Waals surface area (Å²) in [5.41, 5.74) is 1.86. The minimum absolute atomic E-state index is 0.123. The van der Waals surface area contributed by atoms with E-state index in [4.69, 9.17) is 0 Å². The molecule has 22 heavy (non-hydrogen) atoms. The molecular formula is C15H12F2N4O. The van der Waals surface area contributed by atoms with Gasteiger partial charge in [-0.15, -0.1) is 0 Å². The number of aromatic amines is 1. The zero-order chi connectivity index (χ0) is 15.7. The number of anilines is 1. The minimum atomic E-state index is -0.993. The number of H-pyrrole nitrogens is 1. The van der Waals surface area contributed by atoms with Gasteiger partial charge >= 0.3 is 0 Å². The van der Waals surface area contributed by atoms with E-state index in [2.05, 4.69) is 20.5 Å². The summed E-state index contributed by atoms with van der Waals surface area (Å²) in [7, 11) is 0. The fourth-order valence-electron chi connectivity index (χ4n) is 2.16. The van der Waals surface area contributed by atoms with E-state index in [1.54, 1.807) is 18.3 Å². The molecule has 1 amide bonds. The Morgan fingerprint density at radius 1 is 1.32 bits per heavy atom. The van der Waals surface area contributed by atoms with E-state index in [-0.39, 0.29) is 18.1 Å². The van der Waals surface area contributed by atoms with Gasteiger partial charge in [-0.1, -0.05) is 6.07 Å². The lowest BCUT2D eigenvalue weighted by molar-refractivity contribution is -0.115. The quantitative estimate of drug-likeness (QED) is 0.781. The molecule has 7 heteroatoms. The summed E-state index contributed by atoms with van der Waals surface area (Å²) >= 11 is 0. The van der Waals surface area contributed by atoms with Gasteiger partial charge in [0.1, 0.15) is 0 Å². The van der Waals surface area contributed by atoms with Gasteiger partial charge in [0.15, 0.2) is 17.5 Å². The Bertz CT molecular complexity index is 860.